The van der Waals surface area contributed by atoms with Crippen molar-refractivity contribution in [1.82, 2.24) is 10.2 Å². The molecule has 3 fully saturated rings. The zero-order valence-corrected chi connectivity index (χ0v) is 17.3. The molecule has 158 valence electrons. The normalized spacial score (nSPS) is 23.2. The summed E-state index contributed by atoms with van der Waals surface area (Å²) in [7, 11) is 0. The van der Waals surface area contributed by atoms with Crippen LogP contribution >= 0.6 is 12.4 Å². The van der Waals surface area contributed by atoms with E-state index in [0.29, 0.717) is 37.2 Å². The molecule has 4 rings (SSSR count). The van der Waals surface area contributed by atoms with E-state index in [2.05, 4.69) is 10.6 Å². The van der Waals surface area contributed by atoms with E-state index in [-0.39, 0.29) is 47.4 Å². The van der Waals surface area contributed by atoms with E-state index in [1.54, 1.807) is 17.0 Å². The molecule has 2 aliphatic heterocycles. The lowest BCUT2D eigenvalue weighted by Crippen LogP contribution is -2.42. The molecule has 1 spiro atoms. The Morgan fingerprint density at radius 3 is 2.41 bits per heavy atom. The van der Waals surface area contributed by atoms with Crippen LogP contribution in [0.15, 0.2) is 24.3 Å². The van der Waals surface area contributed by atoms with Crippen LogP contribution in [0, 0.1) is 17.3 Å². The molecular weight excluding hydrogens is 392 g/mol. The second-order valence-corrected chi connectivity index (χ2v) is 8.37. The van der Waals surface area contributed by atoms with E-state index >= 15 is 0 Å². The number of amides is 3. The minimum Gasteiger partial charge on any atom is -0.369 e. The number of carbonyl (C=O) groups is 3. The summed E-state index contributed by atoms with van der Waals surface area (Å²) >= 11 is 0. The number of piperidine rings is 2. The number of para-hydroxylation sites is 1. The Morgan fingerprint density at radius 2 is 1.76 bits per heavy atom. The van der Waals surface area contributed by atoms with Crippen LogP contribution in [0.25, 0.3) is 0 Å². The highest BCUT2D eigenvalue weighted by Crippen LogP contribution is 2.58. The van der Waals surface area contributed by atoms with E-state index < -0.39 is 0 Å². The molecular formula is C21H29ClN4O3. The second-order valence-electron chi connectivity index (χ2n) is 8.37. The molecule has 1 unspecified atom stereocenters. The van der Waals surface area contributed by atoms with Crippen molar-refractivity contribution in [2.45, 2.75) is 32.1 Å². The first-order chi connectivity index (χ1) is 13.5. The van der Waals surface area contributed by atoms with Crippen molar-refractivity contribution in [2.24, 2.45) is 23.0 Å². The van der Waals surface area contributed by atoms with Crippen molar-refractivity contribution in [3.8, 4) is 0 Å². The first kappa shape index (κ1) is 21.6. The molecule has 29 heavy (non-hydrogen) atoms. The van der Waals surface area contributed by atoms with Crippen LogP contribution in [0.5, 0.6) is 0 Å². The molecule has 0 aromatic heterocycles. The minimum absolute atomic E-state index is 0. The number of hydrogen-bond acceptors (Lipinski definition) is 4. The van der Waals surface area contributed by atoms with E-state index in [1.807, 2.05) is 12.1 Å². The lowest BCUT2D eigenvalue weighted by molar-refractivity contribution is -0.123. The molecule has 1 atom stereocenters. The van der Waals surface area contributed by atoms with E-state index in [1.165, 1.54) is 0 Å². The first-order valence-electron chi connectivity index (χ1n) is 10.2. The number of nitrogens with zero attached hydrogens (tertiary/aromatic N) is 1. The summed E-state index contributed by atoms with van der Waals surface area (Å²) in [5.74, 6) is -0.490. The Labute approximate surface area is 177 Å². The molecule has 8 heteroatoms. The number of halogens is 1. The van der Waals surface area contributed by atoms with Gasteiger partial charge in [0.2, 0.25) is 11.8 Å². The first-order valence-corrected chi connectivity index (χ1v) is 10.2. The van der Waals surface area contributed by atoms with Gasteiger partial charge in [-0.3, -0.25) is 14.4 Å². The van der Waals surface area contributed by atoms with Gasteiger partial charge in [0.25, 0.3) is 5.91 Å². The van der Waals surface area contributed by atoms with Crippen molar-refractivity contribution >= 4 is 35.8 Å². The van der Waals surface area contributed by atoms with E-state index in [0.717, 1.165) is 32.4 Å². The topological polar surface area (TPSA) is 105 Å². The average Bonchev–Trinajstić information content (AvgIpc) is 3.41. The Morgan fingerprint density at radius 1 is 1.10 bits per heavy atom. The van der Waals surface area contributed by atoms with Gasteiger partial charge in [-0.15, -0.1) is 12.4 Å². The maximum atomic E-state index is 13.0. The molecule has 2 saturated heterocycles. The number of hydrogen-bond donors (Lipinski definition) is 3. The van der Waals surface area contributed by atoms with Crippen LogP contribution in [0.2, 0.25) is 0 Å². The van der Waals surface area contributed by atoms with Gasteiger partial charge in [-0.25, -0.2) is 0 Å². The van der Waals surface area contributed by atoms with Gasteiger partial charge in [-0.1, -0.05) is 12.1 Å². The van der Waals surface area contributed by atoms with Crippen molar-refractivity contribution in [2.75, 3.05) is 31.5 Å². The fraction of sp³-hybridized carbons (Fsp3) is 0.571. The molecule has 1 aromatic rings. The Hall–Kier alpha value is -2.12. The highest BCUT2D eigenvalue weighted by Gasteiger charge is 2.57. The molecule has 1 aliphatic carbocycles. The highest BCUT2D eigenvalue weighted by atomic mass is 35.5. The summed E-state index contributed by atoms with van der Waals surface area (Å²) in [6.45, 7) is 2.96. The lowest BCUT2D eigenvalue weighted by atomic mass is 9.91. The molecule has 3 amide bonds. The third-order valence-corrected chi connectivity index (χ3v) is 6.71. The van der Waals surface area contributed by atoms with Gasteiger partial charge in [-0.2, -0.15) is 0 Å². The highest BCUT2D eigenvalue weighted by molar-refractivity contribution is 6.05. The smallest absolute Gasteiger partial charge is 0.255 e. The number of nitrogens with one attached hydrogen (secondary N) is 2. The van der Waals surface area contributed by atoms with E-state index in [4.69, 9.17) is 5.73 Å². The number of likely N-dealkylation sites (tertiary alicyclic amines) is 1. The van der Waals surface area contributed by atoms with Crippen LogP contribution in [-0.2, 0) is 9.59 Å². The van der Waals surface area contributed by atoms with Gasteiger partial charge in [0.05, 0.1) is 11.3 Å². The summed E-state index contributed by atoms with van der Waals surface area (Å²) in [4.78, 5) is 38.9. The van der Waals surface area contributed by atoms with E-state index in [9.17, 15) is 14.4 Å². The Balaban J connectivity index is 0.00000240. The Kier molecular flexibility index (Phi) is 6.49. The van der Waals surface area contributed by atoms with Crippen molar-refractivity contribution in [3.05, 3.63) is 29.8 Å². The average molecular weight is 421 g/mol. The standard InChI is InChI=1S/C21H28N4O3.ClH/c22-18(26)14-5-11-25(12-6-14)20(28)15-3-1-2-4-17(15)24-19(27)16-13-21(16)7-9-23-10-8-21;/h1-4,14,16,23H,5-13H2,(H2,22,26)(H,24,27);1H. The van der Waals surface area contributed by atoms with Crippen LogP contribution in [0.1, 0.15) is 42.5 Å². The van der Waals surface area contributed by atoms with Crippen molar-refractivity contribution < 1.29 is 14.4 Å². The summed E-state index contributed by atoms with van der Waals surface area (Å²) in [6, 6.07) is 7.19. The predicted molar refractivity (Wildman–Crippen MR) is 113 cm³/mol. The maximum absolute atomic E-state index is 13.0. The van der Waals surface area contributed by atoms with Gasteiger partial charge in [0.15, 0.2) is 0 Å². The summed E-state index contributed by atoms with van der Waals surface area (Å²) in [6.07, 6.45) is 4.21. The zero-order chi connectivity index (χ0) is 19.7. The number of benzene rings is 1. The number of anilines is 1. The Bertz CT molecular complexity index is 786. The number of primary amides is 1. The quantitative estimate of drug-likeness (QED) is 0.690. The molecule has 7 nitrogen and oxygen atoms in total. The fourth-order valence-electron chi connectivity index (χ4n) is 4.73. The molecule has 3 aliphatic rings. The SMILES string of the molecule is Cl.NC(=O)C1CCN(C(=O)c2ccccc2NC(=O)C2CC23CCNCC3)CC1. The van der Waals surface area contributed by atoms with Crippen LogP contribution in [0.4, 0.5) is 5.69 Å². The second kappa shape index (κ2) is 8.71. The van der Waals surface area contributed by atoms with Crippen LogP contribution < -0.4 is 16.4 Å². The monoisotopic (exact) mass is 420 g/mol. The number of carbonyl (C=O) groups excluding carboxylic acids is 3. The van der Waals surface area contributed by atoms with Crippen molar-refractivity contribution in [1.29, 1.82) is 0 Å². The third kappa shape index (κ3) is 4.41. The molecule has 1 saturated carbocycles. The molecule has 4 N–H and O–H groups in total. The van der Waals surface area contributed by atoms with Gasteiger partial charge >= 0.3 is 0 Å². The van der Waals surface area contributed by atoms with Crippen molar-refractivity contribution in [3.63, 3.8) is 0 Å². The van der Waals surface area contributed by atoms with Crippen LogP contribution in [0.3, 0.4) is 0 Å². The fourth-order valence-corrected chi connectivity index (χ4v) is 4.73. The molecule has 1 aromatic carbocycles. The van der Waals surface area contributed by atoms with Gasteiger partial charge in [0, 0.05) is 24.9 Å². The number of rotatable bonds is 4. The molecule has 2 heterocycles. The summed E-state index contributed by atoms with van der Waals surface area (Å²) in [5.41, 5.74) is 6.62. The van der Waals surface area contributed by atoms with Gasteiger partial charge in [-0.05, 0) is 62.7 Å². The largest absolute Gasteiger partial charge is 0.369 e. The van der Waals surface area contributed by atoms with Crippen LogP contribution in [-0.4, -0.2) is 48.8 Å². The number of nitrogens with two attached hydrogens (primary N) is 1. The summed E-state index contributed by atoms with van der Waals surface area (Å²) < 4.78 is 0. The maximum Gasteiger partial charge on any atom is 0.255 e. The lowest BCUT2D eigenvalue weighted by Gasteiger charge is -2.31. The third-order valence-electron chi connectivity index (χ3n) is 6.71. The van der Waals surface area contributed by atoms with Gasteiger partial charge < -0.3 is 21.3 Å². The molecule has 0 radical (unpaired) electrons. The minimum atomic E-state index is -0.295. The van der Waals surface area contributed by atoms with Gasteiger partial charge in [0.1, 0.15) is 0 Å². The molecule has 0 bridgehead atoms. The summed E-state index contributed by atoms with van der Waals surface area (Å²) in [5, 5.41) is 6.36. The zero-order valence-electron chi connectivity index (χ0n) is 16.5. The predicted octanol–water partition coefficient (Wildman–Crippen LogP) is 1.77.